The number of halogens is 1. The summed E-state index contributed by atoms with van der Waals surface area (Å²) in [5.41, 5.74) is 6.92. The zero-order valence-corrected chi connectivity index (χ0v) is 13.7. The van der Waals surface area contributed by atoms with Gasteiger partial charge in [0.2, 0.25) is 5.91 Å². The van der Waals surface area contributed by atoms with Gasteiger partial charge in [0, 0.05) is 12.0 Å². The molecular formula is C18H27FN2O. The molecule has 0 bridgehead atoms. The van der Waals surface area contributed by atoms with E-state index in [1.807, 2.05) is 0 Å². The van der Waals surface area contributed by atoms with Crippen LogP contribution in [0.2, 0.25) is 0 Å². The van der Waals surface area contributed by atoms with Gasteiger partial charge in [0.05, 0.1) is 6.04 Å². The lowest BCUT2D eigenvalue weighted by Crippen LogP contribution is -2.35. The lowest BCUT2D eigenvalue weighted by Gasteiger charge is -2.28. The van der Waals surface area contributed by atoms with Crippen LogP contribution in [-0.4, -0.2) is 11.9 Å². The normalized spacial score (nSPS) is 23.3. The molecule has 3 N–H and O–H groups in total. The molecule has 1 aliphatic rings. The van der Waals surface area contributed by atoms with Gasteiger partial charge in [-0.05, 0) is 48.8 Å². The summed E-state index contributed by atoms with van der Waals surface area (Å²) in [4.78, 5) is 12.5. The monoisotopic (exact) mass is 306 g/mol. The predicted octanol–water partition coefficient (Wildman–Crippen LogP) is 3.55. The molecule has 0 aromatic heterocycles. The summed E-state index contributed by atoms with van der Waals surface area (Å²) in [5, 5.41) is 3.15. The molecule has 1 aliphatic carbocycles. The first-order valence-corrected chi connectivity index (χ1v) is 8.06. The smallest absolute Gasteiger partial charge is 0.223 e. The van der Waals surface area contributed by atoms with Crippen molar-refractivity contribution in [2.45, 2.75) is 58.5 Å². The Bertz CT molecular complexity index is 507. The minimum Gasteiger partial charge on any atom is -0.349 e. The van der Waals surface area contributed by atoms with Crippen molar-refractivity contribution in [1.82, 2.24) is 5.32 Å². The number of carbonyl (C=O) groups is 1. The molecule has 1 amide bonds. The first-order chi connectivity index (χ1) is 10.2. The zero-order chi connectivity index (χ0) is 16.3. The summed E-state index contributed by atoms with van der Waals surface area (Å²) in [7, 11) is 0. The number of hydrogen-bond acceptors (Lipinski definition) is 2. The third-order valence-corrected chi connectivity index (χ3v) is 4.25. The number of nitrogens with two attached hydrogens (primary N) is 1. The van der Waals surface area contributed by atoms with Gasteiger partial charge in [0.25, 0.3) is 0 Å². The molecule has 1 saturated carbocycles. The molecular weight excluding hydrogens is 279 g/mol. The van der Waals surface area contributed by atoms with E-state index in [1.54, 1.807) is 12.1 Å². The molecule has 0 aliphatic heterocycles. The van der Waals surface area contributed by atoms with Crippen molar-refractivity contribution >= 4 is 5.91 Å². The van der Waals surface area contributed by atoms with Gasteiger partial charge in [-0.2, -0.15) is 0 Å². The SMILES string of the molecule is CC(C)(C)CC(NC(=O)C1CCC(N)C1)c1ccc(F)cc1. The van der Waals surface area contributed by atoms with Crippen LogP contribution in [0.25, 0.3) is 0 Å². The molecule has 0 radical (unpaired) electrons. The Labute approximate surface area is 132 Å². The van der Waals surface area contributed by atoms with Crippen LogP contribution in [0.3, 0.4) is 0 Å². The summed E-state index contributed by atoms with van der Waals surface area (Å²) in [5.74, 6) is -0.171. The molecule has 1 aromatic rings. The maximum absolute atomic E-state index is 13.1. The van der Waals surface area contributed by atoms with Gasteiger partial charge in [-0.25, -0.2) is 4.39 Å². The minimum absolute atomic E-state index is 0.0120. The van der Waals surface area contributed by atoms with Crippen molar-refractivity contribution in [1.29, 1.82) is 0 Å². The van der Waals surface area contributed by atoms with E-state index in [2.05, 4.69) is 26.1 Å². The maximum atomic E-state index is 13.1. The van der Waals surface area contributed by atoms with Gasteiger partial charge in [0.1, 0.15) is 5.82 Å². The standard InChI is InChI=1S/C18H27FN2O/c1-18(2,3)11-16(12-4-7-14(19)8-5-12)21-17(22)13-6-9-15(20)10-13/h4-5,7-8,13,15-16H,6,9-11,20H2,1-3H3,(H,21,22). The fourth-order valence-electron chi connectivity index (χ4n) is 3.10. The van der Waals surface area contributed by atoms with E-state index >= 15 is 0 Å². The van der Waals surface area contributed by atoms with E-state index < -0.39 is 0 Å². The number of carbonyl (C=O) groups excluding carboxylic acids is 1. The average molecular weight is 306 g/mol. The quantitative estimate of drug-likeness (QED) is 0.894. The van der Waals surface area contributed by atoms with E-state index in [1.165, 1.54) is 12.1 Å². The molecule has 1 fully saturated rings. The van der Waals surface area contributed by atoms with E-state index in [-0.39, 0.29) is 35.1 Å². The van der Waals surface area contributed by atoms with E-state index in [4.69, 9.17) is 5.73 Å². The Morgan fingerprint density at radius 3 is 2.45 bits per heavy atom. The molecule has 0 heterocycles. The molecule has 0 saturated heterocycles. The van der Waals surface area contributed by atoms with Gasteiger partial charge >= 0.3 is 0 Å². The summed E-state index contributed by atoms with van der Waals surface area (Å²) in [6.45, 7) is 6.42. The van der Waals surface area contributed by atoms with Crippen molar-refractivity contribution < 1.29 is 9.18 Å². The summed E-state index contributed by atoms with van der Waals surface area (Å²) in [6, 6.07) is 6.46. The predicted molar refractivity (Wildman–Crippen MR) is 86.7 cm³/mol. The summed E-state index contributed by atoms with van der Waals surface area (Å²) in [6.07, 6.45) is 3.35. The third-order valence-electron chi connectivity index (χ3n) is 4.25. The second-order valence-corrected chi connectivity index (χ2v) is 7.65. The van der Waals surface area contributed by atoms with Crippen molar-refractivity contribution in [2.75, 3.05) is 0 Å². The van der Waals surface area contributed by atoms with Crippen molar-refractivity contribution in [3.05, 3.63) is 35.6 Å². The zero-order valence-electron chi connectivity index (χ0n) is 13.7. The largest absolute Gasteiger partial charge is 0.349 e. The number of hydrogen-bond donors (Lipinski definition) is 2. The molecule has 122 valence electrons. The van der Waals surface area contributed by atoms with Gasteiger partial charge in [-0.3, -0.25) is 4.79 Å². The Morgan fingerprint density at radius 1 is 1.32 bits per heavy atom. The van der Waals surface area contributed by atoms with Gasteiger partial charge in [-0.15, -0.1) is 0 Å². The fraction of sp³-hybridized carbons (Fsp3) is 0.611. The molecule has 3 unspecified atom stereocenters. The Morgan fingerprint density at radius 2 is 1.95 bits per heavy atom. The summed E-state index contributed by atoms with van der Waals surface area (Å²) < 4.78 is 13.1. The lowest BCUT2D eigenvalue weighted by molar-refractivity contribution is -0.125. The topological polar surface area (TPSA) is 55.1 Å². The van der Waals surface area contributed by atoms with Crippen LogP contribution >= 0.6 is 0 Å². The summed E-state index contributed by atoms with van der Waals surface area (Å²) >= 11 is 0. The molecule has 3 nitrogen and oxygen atoms in total. The molecule has 2 rings (SSSR count). The van der Waals surface area contributed by atoms with Crippen LogP contribution in [0.1, 0.15) is 58.1 Å². The maximum Gasteiger partial charge on any atom is 0.223 e. The highest BCUT2D eigenvalue weighted by atomic mass is 19.1. The van der Waals surface area contributed by atoms with Gasteiger partial charge < -0.3 is 11.1 Å². The van der Waals surface area contributed by atoms with E-state index in [0.29, 0.717) is 0 Å². The van der Waals surface area contributed by atoms with Gasteiger partial charge in [0.15, 0.2) is 0 Å². The second-order valence-electron chi connectivity index (χ2n) is 7.65. The number of rotatable bonds is 4. The lowest BCUT2D eigenvalue weighted by atomic mass is 9.85. The first kappa shape index (κ1) is 16.9. The van der Waals surface area contributed by atoms with E-state index in [9.17, 15) is 9.18 Å². The highest BCUT2D eigenvalue weighted by Gasteiger charge is 2.30. The number of nitrogens with one attached hydrogen (secondary N) is 1. The number of amides is 1. The highest BCUT2D eigenvalue weighted by Crippen LogP contribution is 2.31. The van der Waals surface area contributed by atoms with Crippen LogP contribution in [0.5, 0.6) is 0 Å². The second kappa shape index (κ2) is 6.78. The van der Waals surface area contributed by atoms with Crippen LogP contribution < -0.4 is 11.1 Å². The molecule has 0 spiro atoms. The van der Waals surface area contributed by atoms with Crippen molar-refractivity contribution in [3.8, 4) is 0 Å². The van der Waals surface area contributed by atoms with Crippen LogP contribution in [0.4, 0.5) is 4.39 Å². The highest BCUT2D eigenvalue weighted by molar-refractivity contribution is 5.79. The Kier molecular flexibility index (Phi) is 5.22. The van der Waals surface area contributed by atoms with Crippen LogP contribution in [-0.2, 0) is 4.79 Å². The average Bonchev–Trinajstić information content (AvgIpc) is 2.84. The van der Waals surface area contributed by atoms with Crippen molar-refractivity contribution in [2.24, 2.45) is 17.1 Å². The Hall–Kier alpha value is -1.42. The number of benzene rings is 1. The molecule has 3 atom stereocenters. The first-order valence-electron chi connectivity index (χ1n) is 8.06. The van der Waals surface area contributed by atoms with Crippen molar-refractivity contribution in [3.63, 3.8) is 0 Å². The molecule has 4 heteroatoms. The van der Waals surface area contributed by atoms with E-state index in [0.717, 1.165) is 31.2 Å². The van der Waals surface area contributed by atoms with Gasteiger partial charge in [-0.1, -0.05) is 32.9 Å². The van der Waals surface area contributed by atoms with Crippen LogP contribution in [0.15, 0.2) is 24.3 Å². The molecule has 22 heavy (non-hydrogen) atoms. The molecule has 1 aromatic carbocycles. The van der Waals surface area contributed by atoms with Crippen LogP contribution in [0, 0.1) is 17.2 Å². The minimum atomic E-state index is -0.258. The fourth-order valence-corrected chi connectivity index (χ4v) is 3.10. The Balaban J connectivity index is 2.10. The third kappa shape index (κ3) is 4.80.